The summed E-state index contributed by atoms with van der Waals surface area (Å²) in [4.78, 5) is 24.0. The summed E-state index contributed by atoms with van der Waals surface area (Å²) in [7, 11) is -4.09. The smallest absolute Gasteiger partial charge is 0.435 e. The number of carbonyl (C=O) groups excluding carboxylic acids is 2. The molecule has 0 saturated heterocycles. The Bertz CT molecular complexity index is 1330. The van der Waals surface area contributed by atoms with Gasteiger partial charge in [-0.1, -0.05) is 11.6 Å². The van der Waals surface area contributed by atoms with Gasteiger partial charge < -0.3 is 19.9 Å². The van der Waals surface area contributed by atoms with Gasteiger partial charge in [-0.05, 0) is 62.6 Å². The molecular weight excluding hydrogens is 551 g/mol. The van der Waals surface area contributed by atoms with Gasteiger partial charge in [0.25, 0.3) is 5.91 Å². The zero-order chi connectivity index (χ0) is 27.8. The van der Waals surface area contributed by atoms with Gasteiger partial charge in [0, 0.05) is 23.4 Å². The molecule has 206 valence electrons. The first kappa shape index (κ1) is 28.2. The van der Waals surface area contributed by atoms with E-state index in [0.29, 0.717) is 25.0 Å². The normalized spacial score (nSPS) is 24.6. The topological polar surface area (TPSA) is 119 Å². The van der Waals surface area contributed by atoms with Crippen molar-refractivity contribution in [2.24, 2.45) is 11.8 Å². The predicted octanol–water partition coefficient (Wildman–Crippen LogP) is 4.88. The first-order valence-electron chi connectivity index (χ1n) is 11.9. The van der Waals surface area contributed by atoms with Crippen molar-refractivity contribution in [2.45, 2.75) is 48.4 Å². The van der Waals surface area contributed by atoms with Gasteiger partial charge in [-0.25, -0.2) is 26.4 Å². The molecule has 2 atom stereocenters. The minimum absolute atomic E-state index is 0.0757. The maximum absolute atomic E-state index is 13.7. The maximum atomic E-state index is 13.7. The highest BCUT2D eigenvalue weighted by Gasteiger charge is 2.54. The Morgan fingerprint density at radius 3 is 2.26 bits per heavy atom. The zero-order valence-corrected chi connectivity index (χ0v) is 21.8. The number of ether oxygens (including phenoxy) is 2. The second-order valence-electron chi connectivity index (χ2n) is 9.56. The Hall–Kier alpha value is -2.83. The van der Waals surface area contributed by atoms with Gasteiger partial charge in [0.05, 0.1) is 27.4 Å². The summed E-state index contributed by atoms with van der Waals surface area (Å²) in [6.45, 7) is 1.39. The van der Waals surface area contributed by atoms with Crippen LogP contribution in [0.5, 0.6) is 0 Å². The van der Waals surface area contributed by atoms with Crippen LogP contribution in [0.15, 0.2) is 35.2 Å². The van der Waals surface area contributed by atoms with E-state index in [0.717, 1.165) is 6.07 Å². The van der Waals surface area contributed by atoms with Crippen molar-refractivity contribution in [1.82, 2.24) is 0 Å². The van der Waals surface area contributed by atoms with Crippen LogP contribution in [0.25, 0.3) is 0 Å². The molecule has 2 saturated carbocycles. The molecule has 2 N–H and O–H groups in total. The highest BCUT2D eigenvalue weighted by Crippen LogP contribution is 2.51. The first-order valence-corrected chi connectivity index (χ1v) is 13.8. The van der Waals surface area contributed by atoms with Crippen molar-refractivity contribution in [3.05, 3.63) is 58.4 Å². The fourth-order valence-electron chi connectivity index (χ4n) is 5.45. The summed E-state index contributed by atoms with van der Waals surface area (Å²) < 4.78 is 77.4. The van der Waals surface area contributed by atoms with E-state index in [1.807, 2.05) is 0 Å². The molecule has 0 aliphatic heterocycles. The second-order valence-corrected chi connectivity index (χ2v) is 12.0. The number of aliphatic hydroxyl groups is 1. The number of amides is 1. The summed E-state index contributed by atoms with van der Waals surface area (Å²) in [5, 5.41) is 12.2. The number of benzene rings is 2. The summed E-state index contributed by atoms with van der Waals surface area (Å²) in [5.74, 6) is -6.48. The number of rotatable bonds is 7. The van der Waals surface area contributed by atoms with Crippen LogP contribution < -0.4 is 5.32 Å². The number of halogens is 4. The molecule has 0 aromatic heterocycles. The van der Waals surface area contributed by atoms with E-state index in [4.69, 9.17) is 21.1 Å². The molecule has 2 aromatic carbocycles. The summed E-state index contributed by atoms with van der Waals surface area (Å²) in [6.07, 6.45) is 0.278. The van der Waals surface area contributed by atoms with E-state index in [9.17, 15) is 36.3 Å². The zero-order valence-electron chi connectivity index (χ0n) is 20.2. The van der Waals surface area contributed by atoms with Gasteiger partial charge in [0.2, 0.25) is 0 Å². The third-order valence-corrected chi connectivity index (χ3v) is 9.82. The highest BCUT2D eigenvalue weighted by molar-refractivity contribution is 7.92. The summed E-state index contributed by atoms with van der Waals surface area (Å²) >= 11 is 6.24. The molecular formula is C25H25ClF3NO7S. The fourth-order valence-corrected chi connectivity index (χ4v) is 8.30. The van der Waals surface area contributed by atoms with E-state index < -0.39 is 62.0 Å². The number of anilines is 1. The monoisotopic (exact) mass is 575 g/mol. The molecule has 2 bridgehead atoms. The molecule has 0 heterocycles. The van der Waals surface area contributed by atoms with Crippen LogP contribution in [0.4, 0.5) is 23.7 Å². The molecule has 38 heavy (non-hydrogen) atoms. The number of hydrogen-bond donors (Lipinski definition) is 2. The van der Waals surface area contributed by atoms with Crippen LogP contribution in [0.3, 0.4) is 0 Å². The molecule has 13 heteroatoms. The number of fused-ring (bicyclic) bond motifs is 2. The Labute approximate surface area is 222 Å². The SMILES string of the molecule is CCOC(=O)OCC1(O)CC2CCC(C1)C2S(=O)(=O)c1cc(C(=O)Nc2cc(F)c(F)c(F)c2)ccc1Cl. The first-order chi connectivity index (χ1) is 17.8. The summed E-state index contributed by atoms with van der Waals surface area (Å²) in [6, 6.07) is 4.73. The standard InChI is InChI=1S/C25H25ClF3NO7S/c1-2-36-24(32)37-12-25(33)10-14-3-4-15(11-25)22(14)38(34,35)20-7-13(5-6-17(20)26)23(31)30-16-8-18(27)21(29)19(28)9-16/h5-9,14-15,22,33H,2-4,10-12H2,1H3,(H,30,31). The molecule has 2 aromatic rings. The number of carbonyl (C=O) groups is 2. The largest absolute Gasteiger partial charge is 0.508 e. The van der Waals surface area contributed by atoms with Crippen LogP contribution >= 0.6 is 11.6 Å². The lowest BCUT2D eigenvalue weighted by Crippen LogP contribution is -2.48. The Balaban J connectivity index is 1.54. The van der Waals surface area contributed by atoms with E-state index in [2.05, 4.69) is 5.32 Å². The van der Waals surface area contributed by atoms with Gasteiger partial charge in [0.15, 0.2) is 27.3 Å². The van der Waals surface area contributed by atoms with Gasteiger partial charge in [-0.3, -0.25) is 4.79 Å². The van der Waals surface area contributed by atoms with Gasteiger partial charge in [-0.2, -0.15) is 0 Å². The third kappa shape index (κ3) is 5.62. The lowest BCUT2D eigenvalue weighted by molar-refractivity contribution is -0.0748. The third-order valence-electron chi connectivity index (χ3n) is 6.94. The van der Waals surface area contributed by atoms with Crippen molar-refractivity contribution in [3.63, 3.8) is 0 Å². The van der Waals surface area contributed by atoms with Crippen LogP contribution in [-0.2, 0) is 19.3 Å². The number of hydrogen-bond acceptors (Lipinski definition) is 7. The van der Waals surface area contributed by atoms with Crippen molar-refractivity contribution in [3.8, 4) is 0 Å². The maximum Gasteiger partial charge on any atom is 0.508 e. The Morgan fingerprint density at radius 2 is 1.68 bits per heavy atom. The molecule has 0 radical (unpaired) electrons. The van der Waals surface area contributed by atoms with Crippen LogP contribution in [0, 0.1) is 29.3 Å². The molecule has 2 unspecified atom stereocenters. The van der Waals surface area contributed by atoms with Crippen LogP contribution in [0.2, 0.25) is 5.02 Å². The van der Waals surface area contributed by atoms with Crippen molar-refractivity contribution >= 4 is 39.2 Å². The second kappa shape index (κ2) is 10.7. The molecule has 4 rings (SSSR count). The molecule has 1 amide bonds. The molecule has 2 aliphatic rings. The predicted molar refractivity (Wildman–Crippen MR) is 130 cm³/mol. The molecule has 2 aliphatic carbocycles. The number of nitrogens with one attached hydrogen (secondary N) is 1. The quantitative estimate of drug-likeness (QED) is 0.357. The lowest BCUT2D eigenvalue weighted by atomic mass is 9.77. The molecule has 2 fully saturated rings. The van der Waals surface area contributed by atoms with Crippen molar-refractivity contribution in [1.29, 1.82) is 0 Å². The van der Waals surface area contributed by atoms with Crippen LogP contribution in [0.1, 0.15) is 43.0 Å². The van der Waals surface area contributed by atoms with Crippen molar-refractivity contribution < 1.29 is 45.8 Å². The van der Waals surface area contributed by atoms with E-state index in [-0.39, 0.29) is 47.2 Å². The molecule has 0 spiro atoms. The summed E-state index contributed by atoms with van der Waals surface area (Å²) in [5.41, 5.74) is -1.92. The molecule has 8 nitrogen and oxygen atoms in total. The average Bonchev–Trinajstić information content (AvgIpc) is 3.15. The minimum atomic E-state index is -4.09. The van der Waals surface area contributed by atoms with Gasteiger partial charge in [0.1, 0.15) is 6.61 Å². The Kier molecular flexibility index (Phi) is 7.96. The average molecular weight is 576 g/mol. The lowest BCUT2D eigenvalue weighted by Gasteiger charge is -2.40. The number of sulfone groups is 1. The van der Waals surface area contributed by atoms with Crippen LogP contribution in [-0.4, -0.2) is 49.7 Å². The minimum Gasteiger partial charge on any atom is -0.435 e. The van der Waals surface area contributed by atoms with Crippen molar-refractivity contribution in [2.75, 3.05) is 18.5 Å². The van der Waals surface area contributed by atoms with Gasteiger partial charge in [-0.15, -0.1) is 0 Å². The van der Waals surface area contributed by atoms with E-state index >= 15 is 0 Å². The van der Waals surface area contributed by atoms with E-state index in [1.165, 1.54) is 12.1 Å². The van der Waals surface area contributed by atoms with Gasteiger partial charge >= 0.3 is 6.16 Å². The van der Waals surface area contributed by atoms with E-state index in [1.54, 1.807) is 6.92 Å². The Morgan fingerprint density at radius 1 is 1.08 bits per heavy atom. The highest BCUT2D eigenvalue weighted by atomic mass is 35.5. The fraction of sp³-hybridized carbons (Fsp3) is 0.440.